The van der Waals surface area contributed by atoms with Crippen molar-refractivity contribution in [2.75, 3.05) is 13.1 Å². The van der Waals surface area contributed by atoms with Crippen LogP contribution in [0.4, 0.5) is 8.78 Å². The van der Waals surface area contributed by atoms with Crippen LogP contribution in [-0.4, -0.2) is 24.6 Å². The number of halogens is 2. The van der Waals surface area contributed by atoms with Gasteiger partial charge in [0.2, 0.25) is 0 Å². The normalized spacial score (nSPS) is 13.5. The predicted molar refractivity (Wildman–Crippen MR) is 48.2 cm³/mol. The molecule has 1 rings (SSSR count). The highest BCUT2D eigenvalue weighted by Crippen LogP contribution is 2.14. The summed E-state index contributed by atoms with van der Waals surface area (Å²) in [5.74, 6) is 0. The van der Waals surface area contributed by atoms with Crippen LogP contribution in [0, 0.1) is 0 Å². The van der Waals surface area contributed by atoms with Crippen molar-refractivity contribution in [3.05, 3.63) is 22.4 Å². The monoisotopic (exact) mass is 207 g/mol. The molecule has 0 spiro atoms. The molecule has 13 heavy (non-hydrogen) atoms. The molecule has 5 heteroatoms. The van der Waals surface area contributed by atoms with Crippen LogP contribution in [0.1, 0.15) is 11.7 Å². The SMILES string of the molecule is OC(CNCC(F)F)c1ccsc1. The average Bonchev–Trinajstić information content (AvgIpc) is 2.55. The van der Waals surface area contributed by atoms with Gasteiger partial charge in [-0.15, -0.1) is 0 Å². The number of rotatable bonds is 5. The molecule has 0 radical (unpaired) electrons. The zero-order chi connectivity index (χ0) is 9.68. The second-order valence-corrected chi connectivity index (χ2v) is 3.40. The molecular formula is C8H11F2NOS. The predicted octanol–water partition coefficient (Wildman–Crippen LogP) is 1.64. The highest BCUT2D eigenvalue weighted by atomic mass is 32.1. The Hall–Kier alpha value is -0.520. The van der Waals surface area contributed by atoms with Crippen molar-refractivity contribution in [2.45, 2.75) is 12.5 Å². The van der Waals surface area contributed by atoms with Gasteiger partial charge in [-0.25, -0.2) is 8.78 Å². The number of nitrogens with one attached hydrogen (secondary N) is 1. The fourth-order valence-corrected chi connectivity index (χ4v) is 1.62. The number of aliphatic hydroxyl groups excluding tert-OH is 1. The van der Waals surface area contributed by atoms with E-state index in [1.165, 1.54) is 11.3 Å². The molecule has 0 saturated heterocycles. The van der Waals surface area contributed by atoms with Crippen molar-refractivity contribution in [1.82, 2.24) is 5.32 Å². The number of aliphatic hydroxyl groups is 1. The summed E-state index contributed by atoms with van der Waals surface area (Å²) in [4.78, 5) is 0. The smallest absolute Gasteiger partial charge is 0.250 e. The van der Waals surface area contributed by atoms with Gasteiger partial charge in [0.25, 0.3) is 6.43 Å². The Balaban J connectivity index is 2.22. The standard InChI is InChI=1S/C8H11F2NOS/c9-8(10)4-11-3-7(12)6-1-2-13-5-6/h1-2,5,7-8,11-12H,3-4H2. The zero-order valence-corrected chi connectivity index (χ0v) is 7.73. The van der Waals surface area contributed by atoms with E-state index >= 15 is 0 Å². The molecule has 0 aliphatic heterocycles. The maximum Gasteiger partial charge on any atom is 0.250 e. The van der Waals surface area contributed by atoms with Crippen LogP contribution in [0.2, 0.25) is 0 Å². The van der Waals surface area contributed by atoms with E-state index in [4.69, 9.17) is 0 Å². The molecule has 0 fully saturated rings. The average molecular weight is 207 g/mol. The van der Waals surface area contributed by atoms with Crippen molar-refractivity contribution < 1.29 is 13.9 Å². The number of hydrogen-bond acceptors (Lipinski definition) is 3. The van der Waals surface area contributed by atoms with E-state index < -0.39 is 12.5 Å². The van der Waals surface area contributed by atoms with Gasteiger partial charge in [0, 0.05) is 6.54 Å². The number of alkyl halides is 2. The van der Waals surface area contributed by atoms with Crippen molar-refractivity contribution in [1.29, 1.82) is 0 Å². The minimum absolute atomic E-state index is 0.168. The van der Waals surface area contributed by atoms with E-state index in [1.807, 2.05) is 5.38 Å². The Morgan fingerprint density at radius 3 is 2.77 bits per heavy atom. The maximum absolute atomic E-state index is 11.7. The van der Waals surface area contributed by atoms with Gasteiger partial charge < -0.3 is 10.4 Å². The summed E-state index contributed by atoms with van der Waals surface area (Å²) < 4.78 is 23.4. The molecule has 0 bridgehead atoms. The molecule has 2 nitrogen and oxygen atoms in total. The molecule has 0 amide bonds. The van der Waals surface area contributed by atoms with E-state index in [2.05, 4.69) is 5.32 Å². The summed E-state index contributed by atoms with van der Waals surface area (Å²) in [6.07, 6.45) is -3.06. The molecule has 0 aliphatic rings. The minimum Gasteiger partial charge on any atom is -0.387 e. The molecule has 0 aromatic carbocycles. The molecule has 0 saturated carbocycles. The second kappa shape index (κ2) is 5.26. The number of hydrogen-bond donors (Lipinski definition) is 2. The number of thiophene rings is 1. The first-order chi connectivity index (χ1) is 6.20. The van der Waals surface area contributed by atoms with E-state index in [0.717, 1.165) is 5.56 Å². The van der Waals surface area contributed by atoms with Gasteiger partial charge >= 0.3 is 0 Å². The molecule has 1 aromatic heterocycles. The first-order valence-electron chi connectivity index (χ1n) is 3.89. The summed E-state index contributed by atoms with van der Waals surface area (Å²) in [5, 5.41) is 15.5. The van der Waals surface area contributed by atoms with Crippen molar-refractivity contribution in [2.24, 2.45) is 0 Å². The Labute approximate surface area is 79.2 Å². The van der Waals surface area contributed by atoms with E-state index in [9.17, 15) is 13.9 Å². The zero-order valence-electron chi connectivity index (χ0n) is 6.91. The van der Waals surface area contributed by atoms with Crippen LogP contribution in [0.5, 0.6) is 0 Å². The summed E-state index contributed by atoms with van der Waals surface area (Å²) >= 11 is 1.47. The van der Waals surface area contributed by atoms with Crippen LogP contribution < -0.4 is 5.32 Å². The van der Waals surface area contributed by atoms with Crippen LogP contribution in [0.25, 0.3) is 0 Å². The van der Waals surface area contributed by atoms with Gasteiger partial charge in [-0.3, -0.25) is 0 Å². The Morgan fingerprint density at radius 1 is 1.46 bits per heavy atom. The molecule has 2 N–H and O–H groups in total. The first kappa shape index (κ1) is 10.6. The first-order valence-corrected chi connectivity index (χ1v) is 4.83. The highest BCUT2D eigenvalue weighted by Gasteiger charge is 2.08. The molecule has 74 valence electrons. The van der Waals surface area contributed by atoms with Crippen LogP contribution in [0.15, 0.2) is 16.8 Å². The van der Waals surface area contributed by atoms with Gasteiger partial charge in [0.05, 0.1) is 12.6 Å². The molecule has 0 aliphatic carbocycles. The quantitative estimate of drug-likeness (QED) is 0.769. The van der Waals surface area contributed by atoms with E-state index in [0.29, 0.717) is 0 Å². The summed E-state index contributed by atoms with van der Waals surface area (Å²) in [7, 11) is 0. The fourth-order valence-electron chi connectivity index (χ4n) is 0.912. The third-order valence-corrected chi connectivity index (χ3v) is 2.27. The van der Waals surface area contributed by atoms with Crippen LogP contribution in [0.3, 0.4) is 0 Å². The van der Waals surface area contributed by atoms with Gasteiger partial charge in [0.15, 0.2) is 0 Å². The third-order valence-electron chi connectivity index (χ3n) is 1.56. The van der Waals surface area contributed by atoms with Crippen molar-refractivity contribution >= 4 is 11.3 Å². The van der Waals surface area contributed by atoms with E-state index in [1.54, 1.807) is 11.4 Å². The lowest BCUT2D eigenvalue weighted by Crippen LogP contribution is -2.26. The molecule has 1 unspecified atom stereocenters. The maximum atomic E-state index is 11.7. The fraction of sp³-hybridized carbons (Fsp3) is 0.500. The van der Waals surface area contributed by atoms with Gasteiger partial charge in [-0.05, 0) is 22.4 Å². The summed E-state index contributed by atoms with van der Waals surface area (Å²) in [6, 6.07) is 1.78. The van der Waals surface area contributed by atoms with Crippen molar-refractivity contribution in [3.63, 3.8) is 0 Å². The van der Waals surface area contributed by atoms with Gasteiger partial charge in [-0.1, -0.05) is 0 Å². The van der Waals surface area contributed by atoms with Gasteiger partial charge in [0.1, 0.15) is 0 Å². The summed E-state index contributed by atoms with van der Waals surface area (Å²) in [6.45, 7) is -0.206. The largest absolute Gasteiger partial charge is 0.387 e. The molecule has 1 aromatic rings. The Bertz CT molecular complexity index is 228. The van der Waals surface area contributed by atoms with Gasteiger partial charge in [-0.2, -0.15) is 11.3 Å². The van der Waals surface area contributed by atoms with Crippen LogP contribution >= 0.6 is 11.3 Å². The molecule has 1 atom stereocenters. The van der Waals surface area contributed by atoms with Crippen LogP contribution in [-0.2, 0) is 0 Å². The molecular weight excluding hydrogens is 196 g/mol. The lowest BCUT2D eigenvalue weighted by Gasteiger charge is -2.09. The third kappa shape index (κ3) is 3.80. The Kier molecular flexibility index (Phi) is 4.27. The minimum atomic E-state index is -2.37. The Morgan fingerprint density at radius 2 is 2.23 bits per heavy atom. The lowest BCUT2D eigenvalue weighted by atomic mass is 10.2. The van der Waals surface area contributed by atoms with E-state index in [-0.39, 0.29) is 13.1 Å². The lowest BCUT2D eigenvalue weighted by molar-refractivity contribution is 0.129. The van der Waals surface area contributed by atoms with Crippen molar-refractivity contribution in [3.8, 4) is 0 Å². The summed E-state index contributed by atoms with van der Waals surface area (Å²) in [5.41, 5.74) is 0.770. The molecule has 1 heterocycles. The topological polar surface area (TPSA) is 32.3 Å². The second-order valence-electron chi connectivity index (χ2n) is 2.62. The highest BCUT2D eigenvalue weighted by molar-refractivity contribution is 7.07.